The first-order valence-electron chi connectivity index (χ1n) is 11.9. The maximum absolute atomic E-state index is 13.1. The van der Waals surface area contributed by atoms with Gasteiger partial charge in [0.2, 0.25) is 0 Å². The second kappa shape index (κ2) is 10.4. The number of likely N-dealkylation sites (tertiary alicyclic amines) is 1. The first-order valence-corrected chi connectivity index (χ1v) is 11.9. The number of anilines is 2. The smallest absolute Gasteiger partial charge is 0.410 e. The van der Waals surface area contributed by atoms with E-state index in [1.165, 1.54) is 0 Å². The number of ether oxygens (including phenoxy) is 1. The van der Waals surface area contributed by atoms with Crippen LogP contribution in [0.15, 0.2) is 18.3 Å². The Morgan fingerprint density at radius 1 is 1.22 bits per heavy atom. The molecule has 8 heteroatoms. The summed E-state index contributed by atoms with van der Waals surface area (Å²) in [5.74, 6) is 1.07. The third-order valence-electron chi connectivity index (χ3n) is 5.95. The molecule has 2 fully saturated rings. The van der Waals surface area contributed by atoms with E-state index in [0.717, 1.165) is 56.8 Å². The van der Waals surface area contributed by atoms with E-state index < -0.39 is 5.60 Å². The monoisotopic (exact) mass is 445 g/mol. The first-order chi connectivity index (χ1) is 15.1. The van der Waals surface area contributed by atoms with Gasteiger partial charge in [0.05, 0.1) is 5.69 Å². The molecule has 0 bridgehead atoms. The van der Waals surface area contributed by atoms with Crippen LogP contribution in [0.5, 0.6) is 0 Å². The van der Waals surface area contributed by atoms with Gasteiger partial charge in [-0.3, -0.25) is 0 Å². The van der Waals surface area contributed by atoms with E-state index in [1.54, 1.807) is 11.1 Å². The van der Waals surface area contributed by atoms with Gasteiger partial charge in [0.1, 0.15) is 5.60 Å². The molecule has 2 aliphatic rings. The van der Waals surface area contributed by atoms with Crippen LogP contribution in [0.1, 0.15) is 60.3 Å². The fraction of sp³-hybridized carbons (Fsp3) is 0.708. The van der Waals surface area contributed by atoms with Gasteiger partial charge in [0.25, 0.3) is 0 Å². The molecule has 0 radical (unpaired) electrons. The van der Waals surface area contributed by atoms with Gasteiger partial charge in [-0.25, -0.2) is 14.6 Å². The van der Waals surface area contributed by atoms with E-state index in [-0.39, 0.29) is 24.1 Å². The number of hydrogen-bond donors (Lipinski definition) is 1. The van der Waals surface area contributed by atoms with Crippen LogP contribution in [-0.4, -0.2) is 71.3 Å². The Balaban J connectivity index is 1.62. The zero-order valence-corrected chi connectivity index (χ0v) is 20.3. The molecule has 3 heterocycles. The van der Waals surface area contributed by atoms with Crippen molar-refractivity contribution >= 4 is 23.6 Å². The fourth-order valence-corrected chi connectivity index (χ4v) is 4.36. The molecule has 2 aliphatic heterocycles. The van der Waals surface area contributed by atoms with Crippen molar-refractivity contribution in [1.82, 2.24) is 14.8 Å². The number of hydrogen-bond acceptors (Lipinski definition) is 5. The van der Waals surface area contributed by atoms with Crippen molar-refractivity contribution < 1.29 is 14.3 Å². The highest BCUT2D eigenvalue weighted by atomic mass is 16.6. The molecule has 8 nitrogen and oxygen atoms in total. The number of rotatable bonds is 5. The lowest BCUT2D eigenvalue weighted by Crippen LogP contribution is -2.49. The van der Waals surface area contributed by atoms with Crippen LogP contribution in [0.2, 0.25) is 0 Å². The summed E-state index contributed by atoms with van der Waals surface area (Å²) in [6.45, 7) is 13.5. The van der Waals surface area contributed by atoms with Crippen molar-refractivity contribution in [3.8, 4) is 0 Å². The summed E-state index contributed by atoms with van der Waals surface area (Å²) in [6.07, 6.45) is 5.70. The number of nitrogens with zero attached hydrogens (tertiary/aromatic N) is 4. The summed E-state index contributed by atoms with van der Waals surface area (Å²) < 4.78 is 5.60. The van der Waals surface area contributed by atoms with Crippen molar-refractivity contribution in [2.75, 3.05) is 42.9 Å². The molecule has 0 saturated carbocycles. The highest BCUT2D eigenvalue weighted by molar-refractivity contribution is 5.92. The molecule has 0 aliphatic carbocycles. The maximum Gasteiger partial charge on any atom is 0.410 e. The minimum absolute atomic E-state index is 0.0347. The normalized spacial score (nSPS) is 19.2. The van der Waals surface area contributed by atoms with Crippen LogP contribution < -0.4 is 10.2 Å². The third-order valence-corrected chi connectivity index (χ3v) is 5.95. The third kappa shape index (κ3) is 6.50. The van der Waals surface area contributed by atoms with Gasteiger partial charge in [0.15, 0.2) is 5.82 Å². The number of urea groups is 1. The number of piperidine rings is 1. The van der Waals surface area contributed by atoms with Crippen LogP contribution in [0.3, 0.4) is 0 Å². The van der Waals surface area contributed by atoms with Crippen LogP contribution in [0.4, 0.5) is 21.1 Å². The topological polar surface area (TPSA) is 78.0 Å². The number of pyridine rings is 1. The van der Waals surface area contributed by atoms with E-state index in [0.29, 0.717) is 13.1 Å². The van der Waals surface area contributed by atoms with Crippen molar-refractivity contribution in [1.29, 1.82) is 0 Å². The number of carbonyl (C=O) groups excluding carboxylic acids is 2. The maximum atomic E-state index is 13.1. The van der Waals surface area contributed by atoms with Crippen LogP contribution >= 0.6 is 0 Å². The van der Waals surface area contributed by atoms with Crippen LogP contribution in [0.25, 0.3) is 0 Å². The zero-order chi connectivity index (χ0) is 23.3. The van der Waals surface area contributed by atoms with Crippen LogP contribution in [-0.2, 0) is 4.74 Å². The SMILES string of the molecule is CC(C)N(CC1CCCN(C(=O)Nc2cccnc2N2CCCC2)C1)C(=O)OC(C)(C)C. The quantitative estimate of drug-likeness (QED) is 0.718. The van der Waals surface area contributed by atoms with Crippen molar-refractivity contribution in [3.05, 3.63) is 18.3 Å². The summed E-state index contributed by atoms with van der Waals surface area (Å²) in [6, 6.07) is 3.71. The van der Waals surface area contributed by atoms with Gasteiger partial charge in [-0.1, -0.05) is 0 Å². The minimum Gasteiger partial charge on any atom is -0.444 e. The van der Waals surface area contributed by atoms with E-state index >= 15 is 0 Å². The lowest BCUT2D eigenvalue weighted by molar-refractivity contribution is 0.0132. The Kier molecular flexibility index (Phi) is 7.85. The second-order valence-corrected chi connectivity index (χ2v) is 10.2. The predicted molar refractivity (Wildman–Crippen MR) is 127 cm³/mol. The van der Waals surface area contributed by atoms with Gasteiger partial charge in [0, 0.05) is 45.0 Å². The molecule has 1 atom stereocenters. The van der Waals surface area contributed by atoms with Gasteiger partial charge in [-0.2, -0.15) is 0 Å². The first kappa shape index (κ1) is 24.1. The molecule has 3 rings (SSSR count). The van der Waals surface area contributed by atoms with Gasteiger partial charge in [-0.05, 0) is 78.4 Å². The molecule has 32 heavy (non-hydrogen) atoms. The summed E-state index contributed by atoms with van der Waals surface area (Å²) in [5.41, 5.74) is 0.235. The number of aromatic nitrogens is 1. The molecular formula is C24H39N5O3. The highest BCUT2D eigenvalue weighted by Gasteiger charge is 2.30. The molecule has 1 aromatic rings. The van der Waals surface area contributed by atoms with Crippen molar-refractivity contribution in [2.24, 2.45) is 5.92 Å². The largest absolute Gasteiger partial charge is 0.444 e. The average molecular weight is 446 g/mol. The Morgan fingerprint density at radius 3 is 2.59 bits per heavy atom. The summed E-state index contributed by atoms with van der Waals surface area (Å²) in [7, 11) is 0. The Labute approximate surface area is 192 Å². The highest BCUT2D eigenvalue weighted by Crippen LogP contribution is 2.27. The van der Waals surface area contributed by atoms with Crippen molar-refractivity contribution in [3.63, 3.8) is 0 Å². The fourth-order valence-electron chi connectivity index (χ4n) is 4.36. The lowest BCUT2D eigenvalue weighted by atomic mass is 9.97. The van der Waals surface area contributed by atoms with Crippen LogP contribution in [0, 0.1) is 5.92 Å². The Morgan fingerprint density at radius 2 is 1.94 bits per heavy atom. The molecule has 3 amide bonds. The second-order valence-electron chi connectivity index (χ2n) is 10.2. The molecule has 0 aromatic carbocycles. The molecule has 178 valence electrons. The summed E-state index contributed by atoms with van der Waals surface area (Å²) in [4.78, 5) is 36.2. The van der Waals surface area contributed by atoms with E-state index in [1.807, 2.05) is 51.7 Å². The van der Waals surface area contributed by atoms with E-state index in [9.17, 15) is 9.59 Å². The van der Waals surface area contributed by atoms with Crippen molar-refractivity contribution in [2.45, 2.75) is 71.9 Å². The van der Waals surface area contributed by atoms with Gasteiger partial charge >= 0.3 is 12.1 Å². The molecule has 1 aromatic heterocycles. The zero-order valence-electron chi connectivity index (χ0n) is 20.3. The minimum atomic E-state index is -0.528. The van der Waals surface area contributed by atoms with E-state index in [4.69, 9.17) is 4.74 Å². The average Bonchev–Trinajstić information content (AvgIpc) is 3.25. The lowest BCUT2D eigenvalue weighted by Gasteiger charge is -2.37. The number of amides is 3. The molecule has 1 N–H and O–H groups in total. The number of carbonyl (C=O) groups is 2. The molecule has 0 spiro atoms. The molecule has 2 saturated heterocycles. The predicted octanol–water partition coefficient (Wildman–Crippen LogP) is 4.57. The standard InChI is InChI=1S/C24H39N5O3/c1-18(2)29(23(31)32-24(3,4)5)17-19-10-9-15-28(16-19)22(30)26-20-11-8-12-25-21(20)27-13-6-7-14-27/h8,11-12,18-19H,6-7,9-10,13-17H2,1-5H3,(H,26,30). The Hall–Kier alpha value is -2.51. The Bertz CT molecular complexity index is 786. The van der Waals surface area contributed by atoms with Gasteiger partial charge in [-0.15, -0.1) is 0 Å². The summed E-state index contributed by atoms with van der Waals surface area (Å²) >= 11 is 0. The molecule has 1 unspecified atom stereocenters. The van der Waals surface area contributed by atoms with E-state index in [2.05, 4.69) is 15.2 Å². The van der Waals surface area contributed by atoms with Gasteiger partial charge < -0.3 is 24.8 Å². The summed E-state index contributed by atoms with van der Waals surface area (Å²) in [5, 5.41) is 3.09. The number of nitrogens with one attached hydrogen (secondary N) is 1. The molecular weight excluding hydrogens is 406 g/mol.